The smallest absolute Gasteiger partial charge is 0.306 e. The van der Waals surface area contributed by atoms with Crippen molar-refractivity contribution in [3.05, 3.63) is 23.4 Å². The maximum absolute atomic E-state index is 12.8. The molecule has 0 N–H and O–H groups in total. The van der Waals surface area contributed by atoms with E-state index in [1.54, 1.807) is 13.0 Å². The molecule has 0 aromatic carbocycles. The van der Waals surface area contributed by atoms with Crippen molar-refractivity contribution in [2.45, 2.75) is 43.7 Å². The van der Waals surface area contributed by atoms with E-state index in [1.807, 2.05) is 18.4 Å². The predicted octanol–water partition coefficient (Wildman–Crippen LogP) is 2.52. The largest absolute Gasteiger partial charge is 0.453 e. The lowest BCUT2D eigenvalue weighted by molar-refractivity contribution is -0.144. The highest BCUT2D eigenvalue weighted by atomic mass is 32.2. The lowest BCUT2D eigenvalue weighted by Gasteiger charge is -2.06. The molecular formula is C12H12F3N7S. The van der Waals surface area contributed by atoms with E-state index in [9.17, 15) is 13.2 Å². The summed E-state index contributed by atoms with van der Waals surface area (Å²) in [5.41, 5.74) is 0.542. The molecule has 0 unspecified atom stereocenters. The summed E-state index contributed by atoms with van der Waals surface area (Å²) in [4.78, 5) is 7.45. The second-order valence-electron chi connectivity index (χ2n) is 4.76. The maximum atomic E-state index is 12.8. The van der Waals surface area contributed by atoms with E-state index >= 15 is 0 Å². The molecular weight excluding hydrogens is 331 g/mol. The Hall–Kier alpha value is -2.17. The van der Waals surface area contributed by atoms with E-state index in [1.165, 1.54) is 11.8 Å². The number of rotatable bonds is 3. The van der Waals surface area contributed by atoms with Crippen LogP contribution in [0.1, 0.15) is 24.3 Å². The van der Waals surface area contributed by atoms with E-state index in [2.05, 4.69) is 25.3 Å². The molecule has 3 aromatic rings. The van der Waals surface area contributed by atoms with Crippen molar-refractivity contribution in [2.24, 2.45) is 0 Å². The molecule has 0 aliphatic rings. The zero-order valence-electron chi connectivity index (χ0n) is 12.5. The average Bonchev–Trinajstić information content (AvgIpc) is 3.02. The Labute approximate surface area is 133 Å². The molecule has 11 heteroatoms. The molecule has 0 aliphatic carbocycles. The molecule has 0 saturated heterocycles. The Balaban J connectivity index is 2.11. The standard InChI is InChI=1S/C12H12F3N7S/c1-4-21-7(3)18-19-11(21)23-8-5-6(2)16-10-17-9(12(13,14)15)20-22(8)10/h5H,4H2,1-3H3. The summed E-state index contributed by atoms with van der Waals surface area (Å²) in [6.07, 6.45) is -4.62. The van der Waals surface area contributed by atoms with Gasteiger partial charge in [0.25, 0.3) is 11.6 Å². The highest BCUT2D eigenvalue weighted by molar-refractivity contribution is 7.99. The normalized spacial score (nSPS) is 12.3. The molecule has 23 heavy (non-hydrogen) atoms. The zero-order valence-corrected chi connectivity index (χ0v) is 13.3. The number of nitrogens with zero attached hydrogens (tertiary/aromatic N) is 7. The van der Waals surface area contributed by atoms with E-state index in [0.717, 1.165) is 10.3 Å². The van der Waals surface area contributed by atoms with Crippen LogP contribution >= 0.6 is 11.8 Å². The van der Waals surface area contributed by atoms with Gasteiger partial charge in [-0.15, -0.1) is 15.3 Å². The van der Waals surface area contributed by atoms with Crippen LogP contribution in [-0.2, 0) is 12.7 Å². The quantitative estimate of drug-likeness (QED) is 0.681. The van der Waals surface area contributed by atoms with Gasteiger partial charge >= 0.3 is 6.18 Å². The molecule has 0 radical (unpaired) electrons. The summed E-state index contributed by atoms with van der Waals surface area (Å²) < 4.78 is 41.4. The van der Waals surface area contributed by atoms with Crippen LogP contribution in [0.25, 0.3) is 5.78 Å². The number of hydrogen-bond donors (Lipinski definition) is 0. The third-order valence-corrected chi connectivity index (χ3v) is 4.06. The Morgan fingerprint density at radius 3 is 2.57 bits per heavy atom. The van der Waals surface area contributed by atoms with Gasteiger partial charge in [-0.2, -0.15) is 22.7 Å². The van der Waals surface area contributed by atoms with Gasteiger partial charge in [0, 0.05) is 12.2 Å². The lowest BCUT2D eigenvalue weighted by Crippen LogP contribution is -2.08. The van der Waals surface area contributed by atoms with Crippen LogP contribution in [0.3, 0.4) is 0 Å². The van der Waals surface area contributed by atoms with Gasteiger partial charge in [0.15, 0.2) is 5.16 Å². The van der Waals surface area contributed by atoms with Gasteiger partial charge < -0.3 is 4.57 Å². The number of fused-ring (bicyclic) bond motifs is 1. The molecule has 0 fully saturated rings. The van der Waals surface area contributed by atoms with Crippen LogP contribution in [-0.4, -0.2) is 34.3 Å². The summed E-state index contributed by atoms with van der Waals surface area (Å²) in [5.74, 6) is -0.587. The van der Waals surface area contributed by atoms with E-state index < -0.39 is 12.0 Å². The lowest BCUT2D eigenvalue weighted by atomic mass is 10.5. The van der Waals surface area contributed by atoms with Crippen LogP contribution < -0.4 is 0 Å². The van der Waals surface area contributed by atoms with Gasteiger partial charge in [-0.1, -0.05) is 0 Å². The fraction of sp³-hybridized carbons (Fsp3) is 0.417. The molecule has 122 valence electrons. The summed E-state index contributed by atoms with van der Waals surface area (Å²) in [6, 6.07) is 1.64. The first kappa shape index (κ1) is 15.7. The second kappa shape index (κ2) is 5.48. The Kier molecular flexibility index (Phi) is 3.74. The summed E-state index contributed by atoms with van der Waals surface area (Å²) in [7, 11) is 0. The summed E-state index contributed by atoms with van der Waals surface area (Å²) in [5, 5.41) is 12.6. The van der Waals surface area contributed by atoms with Gasteiger partial charge in [-0.25, -0.2) is 4.98 Å². The highest BCUT2D eigenvalue weighted by Gasteiger charge is 2.37. The van der Waals surface area contributed by atoms with Crippen molar-refractivity contribution in [2.75, 3.05) is 0 Å². The first-order valence-corrected chi connectivity index (χ1v) is 7.50. The number of aryl methyl sites for hydroxylation is 2. The van der Waals surface area contributed by atoms with E-state index in [0.29, 0.717) is 22.4 Å². The molecule has 0 amide bonds. The maximum Gasteiger partial charge on any atom is 0.453 e. The molecule has 0 bridgehead atoms. The molecule has 3 heterocycles. The summed E-state index contributed by atoms with van der Waals surface area (Å²) in [6.45, 7) is 6.08. The molecule has 7 nitrogen and oxygen atoms in total. The fourth-order valence-corrected chi connectivity index (χ4v) is 3.12. The van der Waals surface area contributed by atoms with Crippen molar-refractivity contribution in [3.8, 4) is 0 Å². The van der Waals surface area contributed by atoms with Gasteiger partial charge in [-0.3, -0.25) is 0 Å². The van der Waals surface area contributed by atoms with Crippen molar-refractivity contribution in [1.82, 2.24) is 34.3 Å². The zero-order chi connectivity index (χ0) is 16.8. The molecule has 3 rings (SSSR count). The number of aromatic nitrogens is 7. The molecule has 0 aliphatic heterocycles. The third kappa shape index (κ3) is 2.87. The van der Waals surface area contributed by atoms with E-state index in [4.69, 9.17) is 0 Å². The highest BCUT2D eigenvalue weighted by Crippen LogP contribution is 2.30. The fourth-order valence-electron chi connectivity index (χ4n) is 2.04. The first-order valence-electron chi connectivity index (χ1n) is 6.69. The first-order chi connectivity index (χ1) is 10.8. The SMILES string of the molecule is CCn1c(C)nnc1Sc1cc(C)nc2nc(C(F)(F)F)nn12. The van der Waals surface area contributed by atoms with Crippen molar-refractivity contribution < 1.29 is 13.2 Å². The monoisotopic (exact) mass is 343 g/mol. The predicted molar refractivity (Wildman–Crippen MR) is 75.1 cm³/mol. The third-order valence-electron chi connectivity index (χ3n) is 3.07. The molecule has 0 spiro atoms. The minimum Gasteiger partial charge on any atom is -0.306 e. The van der Waals surface area contributed by atoms with Gasteiger partial charge in [0.2, 0.25) is 0 Å². The van der Waals surface area contributed by atoms with Gasteiger partial charge in [0.1, 0.15) is 10.9 Å². The second-order valence-corrected chi connectivity index (χ2v) is 5.74. The minimum absolute atomic E-state index is 0.0980. The van der Waals surface area contributed by atoms with Crippen molar-refractivity contribution in [3.63, 3.8) is 0 Å². The van der Waals surface area contributed by atoms with Crippen molar-refractivity contribution in [1.29, 1.82) is 0 Å². The van der Waals surface area contributed by atoms with Gasteiger partial charge in [0.05, 0.1) is 0 Å². The average molecular weight is 343 g/mol. The topological polar surface area (TPSA) is 73.8 Å². The van der Waals surface area contributed by atoms with Crippen LogP contribution in [0.2, 0.25) is 0 Å². The summed E-state index contributed by atoms with van der Waals surface area (Å²) >= 11 is 1.17. The Morgan fingerprint density at radius 2 is 1.91 bits per heavy atom. The molecule has 3 aromatic heterocycles. The molecule has 0 atom stereocenters. The van der Waals surface area contributed by atoms with Crippen LogP contribution in [0.15, 0.2) is 16.2 Å². The minimum atomic E-state index is -4.62. The Bertz CT molecular complexity index is 868. The van der Waals surface area contributed by atoms with E-state index in [-0.39, 0.29) is 5.78 Å². The van der Waals surface area contributed by atoms with Crippen LogP contribution in [0.5, 0.6) is 0 Å². The molecule has 0 saturated carbocycles. The number of alkyl halides is 3. The van der Waals surface area contributed by atoms with Gasteiger partial charge in [-0.05, 0) is 38.6 Å². The van der Waals surface area contributed by atoms with Crippen LogP contribution in [0.4, 0.5) is 13.2 Å². The number of hydrogen-bond acceptors (Lipinski definition) is 6. The number of halogens is 3. The van der Waals surface area contributed by atoms with Crippen molar-refractivity contribution >= 4 is 17.5 Å². The van der Waals surface area contributed by atoms with Crippen LogP contribution in [0, 0.1) is 13.8 Å². The Morgan fingerprint density at radius 1 is 1.17 bits per heavy atom.